The van der Waals surface area contributed by atoms with Crippen LogP contribution >= 0.6 is 11.6 Å². The third kappa shape index (κ3) is 3.07. The molecule has 0 saturated heterocycles. The van der Waals surface area contributed by atoms with Gasteiger partial charge in [-0.25, -0.2) is 0 Å². The molecule has 0 aliphatic rings. The summed E-state index contributed by atoms with van der Waals surface area (Å²) in [6, 6.07) is 19.6. The van der Waals surface area contributed by atoms with Gasteiger partial charge in [0.15, 0.2) is 0 Å². The standard InChI is InChI=1S/C21H16ClN3O/c1-26-21-9-6-14-4-2-3-5-16(14)18(21)13-24-25-19-10-11-23-20-12-15(22)7-8-17(19)20/h2-13H,1H3,(H,23,25)/b24-13-. The van der Waals surface area contributed by atoms with Gasteiger partial charge in [0, 0.05) is 22.2 Å². The van der Waals surface area contributed by atoms with Crippen molar-refractivity contribution >= 4 is 45.2 Å². The normalized spacial score (nSPS) is 11.3. The zero-order valence-corrected chi connectivity index (χ0v) is 14.9. The van der Waals surface area contributed by atoms with E-state index < -0.39 is 0 Å². The summed E-state index contributed by atoms with van der Waals surface area (Å²) in [5.74, 6) is 0.778. The summed E-state index contributed by atoms with van der Waals surface area (Å²) in [4.78, 5) is 4.34. The van der Waals surface area contributed by atoms with Crippen molar-refractivity contribution in [2.75, 3.05) is 12.5 Å². The number of nitrogens with one attached hydrogen (secondary N) is 1. The molecule has 1 aromatic heterocycles. The Morgan fingerprint density at radius 1 is 1.04 bits per heavy atom. The molecule has 0 atom stereocenters. The van der Waals surface area contributed by atoms with Crippen LogP contribution in [0.2, 0.25) is 5.02 Å². The van der Waals surface area contributed by atoms with Crippen molar-refractivity contribution in [3.05, 3.63) is 77.4 Å². The fraction of sp³-hybridized carbons (Fsp3) is 0.0476. The molecule has 4 rings (SSSR count). The molecule has 0 saturated carbocycles. The number of ether oxygens (including phenoxy) is 1. The molecular weight excluding hydrogens is 346 g/mol. The zero-order chi connectivity index (χ0) is 17.9. The summed E-state index contributed by atoms with van der Waals surface area (Å²) in [6.07, 6.45) is 3.51. The van der Waals surface area contributed by atoms with Gasteiger partial charge in [0.2, 0.25) is 0 Å². The third-order valence-electron chi connectivity index (χ3n) is 4.23. The molecule has 3 aromatic carbocycles. The van der Waals surface area contributed by atoms with Crippen LogP contribution < -0.4 is 10.2 Å². The number of methoxy groups -OCH3 is 1. The lowest BCUT2D eigenvalue weighted by Gasteiger charge is -2.09. The van der Waals surface area contributed by atoms with Gasteiger partial charge >= 0.3 is 0 Å². The highest BCUT2D eigenvalue weighted by molar-refractivity contribution is 6.31. The Bertz CT molecular complexity index is 1120. The SMILES string of the molecule is COc1ccc2ccccc2c1/C=N\Nc1ccnc2cc(Cl)ccc12. The summed E-state index contributed by atoms with van der Waals surface area (Å²) >= 11 is 6.04. The maximum Gasteiger partial charge on any atom is 0.128 e. The topological polar surface area (TPSA) is 46.5 Å². The molecular formula is C21H16ClN3O. The lowest BCUT2D eigenvalue weighted by Crippen LogP contribution is -1.96. The van der Waals surface area contributed by atoms with Crippen molar-refractivity contribution in [3.63, 3.8) is 0 Å². The second kappa shape index (κ2) is 7.02. The van der Waals surface area contributed by atoms with Crippen LogP contribution in [0.5, 0.6) is 5.75 Å². The first kappa shape index (κ1) is 16.4. The number of anilines is 1. The molecule has 0 aliphatic heterocycles. The number of benzene rings is 3. The smallest absolute Gasteiger partial charge is 0.128 e. The minimum atomic E-state index is 0.658. The van der Waals surface area contributed by atoms with E-state index in [1.165, 1.54) is 0 Å². The van der Waals surface area contributed by atoms with Crippen molar-refractivity contribution < 1.29 is 4.74 Å². The maximum absolute atomic E-state index is 6.04. The van der Waals surface area contributed by atoms with Crippen LogP contribution in [0, 0.1) is 0 Å². The summed E-state index contributed by atoms with van der Waals surface area (Å²) in [6.45, 7) is 0. The average Bonchev–Trinajstić information content (AvgIpc) is 2.68. The first-order valence-electron chi connectivity index (χ1n) is 8.15. The predicted octanol–water partition coefficient (Wildman–Crippen LogP) is 5.50. The number of pyridine rings is 1. The van der Waals surface area contributed by atoms with Crippen LogP contribution in [0.25, 0.3) is 21.7 Å². The van der Waals surface area contributed by atoms with E-state index in [9.17, 15) is 0 Å². The molecule has 5 heteroatoms. The van der Waals surface area contributed by atoms with Gasteiger partial charge in [0.05, 0.1) is 24.5 Å². The first-order valence-corrected chi connectivity index (χ1v) is 8.53. The van der Waals surface area contributed by atoms with E-state index >= 15 is 0 Å². The van der Waals surface area contributed by atoms with Gasteiger partial charge in [0.1, 0.15) is 5.75 Å². The summed E-state index contributed by atoms with van der Waals surface area (Å²) in [5, 5.41) is 8.27. The van der Waals surface area contributed by atoms with Crippen molar-refractivity contribution in [2.24, 2.45) is 5.10 Å². The highest BCUT2D eigenvalue weighted by Gasteiger charge is 2.06. The van der Waals surface area contributed by atoms with Crippen LogP contribution in [0.4, 0.5) is 5.69 Å². The molecule has 1 N–H and O–H groups in total. The molecule has 0 radical (unpaired) electrons. The Morgan fingerprint density at radius 3 is 2.81 bits per heavy atom. The molecule has 128 valence electrons. The second-order valence-corrected chi connectivity index (χ2v) is 6.23. The largest absolute Gasteiger partial charge is 0.496 e. The molecule has 0 bridgehead atoms. The summed E-state index contributed by atoms with van der Waals surface area (Å²) in [7, 11) is 1.66. The molecule has 0 amide bonds. The van der Waals surface area contributed by atoms with E-state index in [0.717, 1.165) is 38.7 Å². The zero-order valence-electron chi connectivity index (χ0n) is 14.1. The first-order chi connectivity index (χ1) is 12.8. The molecule has 0 fully saturated rings. The van der Waals surface area contributed by atoms with E-state index in [2.05, 4.69) is 27.6 Å². The lowest BCUT2D eigenvalue weighted by atomic mass is 10.0. The third-order valence-corrected chi connectivity index (χ3v) is 4.47. The van der Waals surface area contributed by atoms with Crippen LogP contribution in [0.15, 0.2) is 72.0 Å². The second-order valence-electron chi connectivity index (χ2n) is 5.79. The number of hydrogen-bond donors (Lipinski definition) is 1. The van der Waals surface area contributed by atoms with Gasteiger partial charge in [-0.1, -0.05) is 41.9 Å². The van der Waals surface area contributed by atoms with E-state index in [0.29, 0.717) is 5.02 Å². The summed E-state index contributed by atoms with van der Waals surface area (Å²) in [5.41, 5.74) is 5.72. The van der Waals surface area contributed by atoms with Crippen LogP contribution in [-0.4, -0.2) is 18.3 Å². The Labute approximate surface area is 156 Å². The number of fused-ring (bicyclic) bond motifs is 2. The minimum Gasteiger partial charge on any atom is -0.496 e. The highest BCUT2D eigenvalue weighted by atomic mass is 35.5. The average molecular weight is 362 g/mol. The monoisotopic (exact) mass is 361 g/mol. The number of hydrazone groups is 1. The van der Waals surface area contributed by atoms with Gasteiger partial charge in [-0.2, -0.15) is 5.10 Å². The fourth-order valence-corrected chi connectivity index (χ4v) is 3.14. The molecule has 4 nitrogen and oxygen atoms in total. The molecule has 0 spiro atoms. The Kier molecular flexibility index (Phi) is 4.42. The predicted molar refractivity (Wildman–Crippen MR) is 108 cm³/mol. The van der Waals surface area contributed by atoms with E-state index in [1.807, 2.05) is 48.5 Å². The number of aromatic nitrogens is 1. The number of halogens is 1. The van der Waals surface area contributed by atoms with E-state index in [1.54, 1.807) is 19.5 Å². The van der Waals surface area contributed by atoms with Crippen LogP contribution in [-0.2, 0) is 0 Å². The maximum atomic E-state index is 6.04. The molecule has 0 aliphatic carbocycles. The van der Waals surface area contributed by atoms with Crippen LogP contribution in [0.1, 0.15) is 5.56 Å². The summed E-state index contributed by atoms with van der Waals surface area (Å²) < 4.78 is 5.50. The highest BCUT2D eigenvalue weighted by Crippen LogP contribution is 2.27. The number of rotatable bonds is 4. The van der Waals surface area contributed by atoms with E-state index in [-0.39, 0.29) is 0 Å². The van der Waals surface area contributed by atoms with Gasteiger partial charge in [-0.15, -0.1) is 0 Å². The molecule has 4 aromatic rings. The Balaban J connectivity index is 1.71. The van der Waals surface area contributed by atoms with Crippen LogP contribution in [0.3, 0.4) is 0 Å². The Morgan fingerprint density at radius 2 is 1.92 bits per heavy atom. The number of hydrogen-bond acceptors (Lipinski definition) is 4. The number of nitrogens with zero attached hydrogens (tertiary/aromatic N) is 2. The fourth-order valence-electron chi connectivity index (χ4n) is 2.97. The quantitative estimate of drug-likeness (QED) is 0.386. The molecule has 26 heavy (non-hydrogen) atoms. The van der Waals surface area contributed by atoms with Gasteiger partial charge < -0.3 is 4.74 Å². The van der Waals surface area contributed by atoms with Gasteiger partial charge in [0.25, 0.3) is 0 Å². The lowest BCUT2D eigenvalue weighted by molar-refractivity contribution is 0.415. The molecule has 0 unspecified atom stereocenters. The minimum absolute atomic E-state index is 0.658. The Hall–Kier alpha value is -3.11. The molecule has 1 heterocycles. The van der Waals surface area contributed by atoms with Crippen molar-refractivity contribution in [1.82, 2.24) is 4.98 Å². The van der Waals surface area contributed by atoms with Crippen molar-refractivity contribution in [1.29, 1.82) is 0 Å². The van der Waals surface area contributed by atoms with Gasteiger partial charge in [-0.3, -0.25) is 10.4 Å². The van der Waals surface area contributed by atoms with Gasteiger partial charge in [-0.05, 0) is 41.1 Å². The van der Waals surface area contributed by atoms with Crippen molar-refractivity contribution in [2.45, 2.75) is 0 Å². The van der Waals surface area contributed by atoms with Crippen molar-refractivity contribution in [3.8, 4) is 5.75 Å². The van der Waals surface area contributed by atoms with E-state index in [4.69, 9.17) is 16.3 Å².